The molecule has 1 heterocycles. The number of hydrogen-bond acceptors (Lipinski definition) is 4. The normalized spacial score (nSPS) is 20.0. The number of nitrogens with zero attached hydrogens (tertiary/aromatic N) is 2. The second-order valence-corrected chi connectivity index (χ2v) is 5.93. The third-order valence-corrected chi connectivity index (χ3v) is 4.20. The number of nitrogens with one attached hydrogen (secondary N) is 1. The minimum Gasteiger partial charge on any atom is -0.474 e. The zero-order valence-corrected chi connectivity index (χ0v) is 13.3. The fraction of sp³-hybridized carbons (Fsp3) is 0.316. The summed E-state index contributed by atoms with van der Waals surface area (Å²) in [5.41, 5.74) is 1.22. The molecule has 1 amide bonds. The fourth-order valence-electron chi connectivity index (χ4n) is 2.87. The van der Waals surface area contributed by atoms with Crippen LogP contribution in [0.25, 0.3) is 0 Å². The van der Waals surface area contributed by atoms with Crippen molar-refractivity contribution >= 4 is 5.91 Å². The molecule has 0 saturated heterocycles. The van der Waals surface area contributed by atoms with Crippen LogP contribution in [0.4, 0.5) is 0 Å². The number of hydrogen-bond donors (Lipinski definition) is 1. The molecule has 0 radical (unpaired) electrons. The van der Waals surface area contributed by atoms with E-state index in [0.29, 0.717) is 17.0 Å². The molecule has 0 bridgehead atoms. The number of pyridine rings is 1. The largest absolute Gasteiger partial charge is 0.474 e. The van der Waals surface area contributed by atoms with E-state index in [9.17, 15) is 4.79 Å². The van der Waals surface area contributed by atoms with Crippen LogP contribution >= 0.6 is 0 Å². The van der Waals surface area contributed by atoms with E-state index in [1.54, 1.807) is 12.1 Å². The molecule has 1 aromatic carbocycles. The van der Waals surface area contributed by atoms with Crippen molar-refractivity contribution in [3.63, 3.8) is 0 Å². The predicted octanol–water partition coefficient (Wildman–Crippen LogP) is 3.07. The maximum atomic E-state index is 12.2. The standard InChI is InChI=1S/C19H19N3O2/c20-12-14-6-11-18(21-13-14)24-17-9-7-16(8-10-17)22-19(23)15-4-2-1-3-5-15/h1-6,11,13,16-17H,7-10H2,(H,22,23). The quantitative estimate of drug-likeness (QED) is 0.939. The molecule has 24 heavy (non-hydrogen) atoms. The average molecular weight is 321 g/mol. The molecule has 2 aromatic rings. The van der Waals surface area contributed by atoms with Crippen molar-refractivity contribution in [1.29, 1.82) is 5.26 Å². The van der Waals surface area contributed by atoms with Crippen molar-refractivity contribution in [3.05, 3.63) is 59.8 Å². The lowest BCUT2D eigenvalue weighted by Gasteiger charge is -2.29. The summed E-state index contributed by atoms with van der Waals surface area (Å²) in [5, 5.41) is 11.9. The van der Waals surface area contributed by atoms with Crippen molar-refractivity contribution in [2.24, 2.45) is 0 Å². The van der Waals surface area contributed by atoms with Gasteiger partial charge in [0.1, 0.15) is 12.2 Å². The molecule has 122 valence electrons. The van der Waals surface area contributed by atoms with Crippen LogP contribution in [-0.4, -0.2) is 23.0 Å². The van der Waals surface area contributed by atoms with Crippen molar-refractivity contribution in [3.8, 4) is 11.9 Å². The third kappa shape index (κ3) is 4.11. The Morgan fingerprint density at radius 3 is 2.50 bits per heavy atom. The van der Waals surface area contributed by atoms with Crippen LogP contribution < -0.4 is 10.1 Å². The van der Waals surface area contributed by atoms with E-state index in [4.69, 9.17) is 10.00 Å². The smallest absolute Gasteiger partial charge is 0.251 e. The van der Waals surface area contributed by atoms with Crippen LogP contribution in [0, 0.1) is 11.3 Å². The lowest BCUT2D eigenvalue weighted by molar-refractivity contribution is 0.0890. The second kappa shape index (κ2) is 7.60. The van der Waals surface area contributed by atoms with Crippen molar-refractivity contribution < 1.29 is 9.53 Å². The van der Waals surface area contributed by atoms with E-state index in [0.717, 1.165) is 25.7 Å². The summed E-state index contributed by atoms with van der Waals surface area (Å²) in [5.74, 6) is 0.527. The first-order valence-electron chi connectivity index (χ1n) is 8.13. The Kier molecular flexibility index (Phi) is 5.07. The first-order chi connectivity index (χ1) is 11.7. The number of rotatable bonds is 4. The van der Waals surface area contributed by atoms with E-state index >= 15 is 0 Å². The maximum Gasteiger partial charge on any atom is 0.251 e. The first-order valence-corrected chi connectivity index (χ1v) is 8.13. The molecule has 1 aliphatic rings. The van der Waals surface area contributed by atoms with Crippen LogP contribution in [0.5, 0.6) is 5.88 Å². The van der Waals surface area contributed by atoms with Gasteiger partial charge in [-0.2, -0.15) is 5.26 Å². The number of carbonyl (C=O) groups excluding carboxylic acids is 1. The van der Waals surface area contributed by atoms with E-state index in [-0.39, 0.29) is 18.1 Å². The molecule has 1 aliphatic carbocycles. The van der Waals surface area contributed by atoms with Crippen LogP contribution in [0.15, 0.2) is 48.7 Å². The van der Waals surface area contributed by atoms with Gasteiger partial charge in [-0.15, -0.1) is 0 Å². The first kappa shape index (κ1) is 16.0. The lowest BCUT2D eigenvalue weighted by atomic mass is 9.92. The average Bonchev–Trinajstić information content (AvgIpc) is 2.65. The molecular weight excluding hydrogens is 302 g/mol. The van der Waals surface area contributed by atoms with Crippen LogP contribution in [0.1, 0.15) is 41.6 Å². The molecular formula is C19H19N3O2. The molecule has 0 spiro atoms. The minimum absolute atomic E-state index is 0.0197. The molecule has 0 aliphatic heterocycles. The van der Waals surface area contributed by atoms with Gasteiger partial charge in [0.25, 0.3) is 5.91 Å². The molecule has 1 saturated carbocycles. The Morgan fingerprint density at radius 1 is 1.12 bits per heavy atom. The van der Waals surface area contributed by atoms with Crippen molar-refractivity contribution in [2.45, 2.75) is 37.8 Å². The summed E-state index contributed by atoms with van der Waals surface area (Å²) in [6.45, 7) is 0. The zero-order valence-electron chi connectivity index (χ0n) is 13.3. The number of nitriles is 1. The highest BCUT2D eigenvalue weighted by molar-refractivity contribution is 5.94. The van der Waals surface area contributed by atoms with E-state index in [2.05, 4.69) is 10.3 Å². The Labute approximate surface area is 141 Å². The highest BCUT2D eigenvalue weighted by Gasteiger charge is 2.24. The molecule has 0 unspecified atom stereocenters. The minimum atomic E-state index is -0.0197. The molecule has 1 N–H and O–H groups in total. The summed E-state index contributed by atoms with van der Waals surface area (Å²) in [4.78, 5) is 16.3. The highest BCUT2D eigenvalue weighted by atomic mass is 16.5. The third-order valence-electron chi connectivity index (χ3n) is 4.20. The molecule has 3 rings (SSSR count). The fourth-order valence-corrected chi connectivity index (χ4v) is 2.87. The van der Waals surface area contributed by atoms with Crippen LogP contribution in [0.3, 0.4) is 0 Å². The van der Waals surface area contributed by atoms with Gasteiger partial charge in [0.15, 0.2) is 0 Å². The lowest BCUT2D eigenvalue weighted by Crippen LogP contribution is -2.39. The van der Waals surface area contributed by atoms with Gasteiger partial charge in [0.2, 0.25) is 5.88 Å². The monoisotopic (exact) mass is 321 g/mol. The molecule has 5 nitrogen and oxygen atoms in total. The van der Waals surface area contributed by atoms with Crippen LogP contribution in [0.2, 0.25) is 0 Å². The number of amides is 1. The van der Waals surface area contributed by atoms with Gasteiger partial charge >= 0.3 is 0 Å². The number of carbonyl (C=O) groups is 1. The zero-order chi connectivity index (χ0) is 16.8. The van der Waals surface area contributed by atoms with Crippen molar-refractivity contribution in [2.75, 3.05) is 0 Å². The molecule has 5 heteroatoms. The summed E-state index contributed by atoms with van der Waals surface area (Å²) in [6, 6.07) is 14.9. The van der Waals surface area contributed by atoms with E-state index in [1.807, 2.05) is 36.4 Å². The summed E-state index contributed by atoms with van der Waals surface area (Å²) >= 11 is 0. The van der Waals surface area contributed by atoms with Gasteiger partial charge < -0.3 is 10.1 Å². The summed E-state index contributed by atoms with van der Waals surface area (Å²) in [7, 11) is 0. The Morgan fingerprint density at radius 2 is 1.88 bits per heavy atom. The Balaban J connectivity index is 1.47. The summed E-state index contributed by atoms with van der Waals surface area (Å²) in [6.07, 6.45) is 5.15. The van der Waals surface area contributed by atoms with Gasteiger partial charge in [0.05, 0.1) is 5.56 Å². The highest BCUT2D eigenvalue weighted by Crippen LogP contribution is 2.23. The van der Waals surface area contributed by atoms with Gasteiger partial charge in [-0.3, -0.25) is 4.79 Å². The van der Waals surface area contributed by atoms with Gasteiger partial charge in [-0.1, -0.05) is 18.2 Å². The van der Waals surface area contributed by atoms with E-state index < -0.39 is 0 Å². The molecule has 1 aromatic heterocycles. The van der Waals surface area contributed by atoms with Gasteiger partial charge in [-0.05, 0) is 43.9 Å². The number of aromatic nitrogens is 1. The van der Waals surface area contributed by atoms with Crippen LogP contribution in [-0.2, 0) is 0 Å². The number of benzene rings is 1. The van der Waals surface area contributed by atoms with Gasteiger partial charge in [0, 0.05) is 23.9 Å². The maximum absolute atomic E-state index is 12.2. The topological polar surface area (TPSA) is 75.0 Å². The second-order valence-electron chi connectivity index (χ2n) is 5.93. The molecule has 1 fully saturated rings. The Hall–Kier alpha value is -2.87. The Bertz CT molecular complexity index is 715. The van der Waals surface area contributed by atoms with Gasteiger partial charge in [-0.25, -0.2) is 4.98 Å². The number of ether oxygens (including phenoxy) is 1. The SMILES string of the molecule is N#Cc1ccc(OC2CCC(NC(=O)c3ccccc3)CC2)nc1. The van der Waals surface area contributed by atoms with E-state index in [1.165, 1.54) is 6.20 Å². The molecule has 0 atom stereocenters. The predicted molar refractivity (Wildman–Crippen MR) is 89.5 cm³/mol. The summed E-state index contributed by atoms with van der Waals surface area (Å²) < 4.78 is 5.86. The van der Waals surface area contributed by atoms with Crippen molar-refractivity contribution in [1.82, 2.24) is 10.3 Å².